The van der Waals surface area contributed by atoms with Gasteiger partial charge < -0.3 is 41.7 Å². The number of hydrogen-bond donors (Lipinski definition) is 6. The van der Waals surface area contributed by atoms with E-state index in [1.165, 1.54) is 39.3 Å². The molecule has 0 aromatic rings. The van der Waals surface area contributed by atoms with Crippen molar-refractivity contribution in [1.82, 2.24) is 9.80 Å². The van der Waals surface area contributed by atoms with Gasteiger partial charge in [0.05, 0.1) is 18.3 Å². The van der Waals surface area contributed by atoms with Gasteiger partial charge in [0.15, 0.2) is 0 Å². The highest BCUT2D eigenvalue weighted by Gasteiger charge is 2.65. The monoisotopic (exact) mass is 608 g/mol. The van der Waals surface area contributed by atoms with Crippen LogP contribution in [-0.4, -0.2) is 107 Å². The predicted octanol–water partition coefficient (Wildman–Crippen LogP) is 2.75. The highest BCUT2D eigenvalue weighted by Crippen LogP contribution is 2.68. The van der Waals surface area contributed by atoms with E-state index in [0.717, 1.165) is 70.9 Å². The van der Waals surface area contributed by atoms with Crippen LogP contribution in [0.3, 0.4) is 0 Å². The van der Waals surface area contributed by atoms with Gasteiger partial charge in [-0.3, -0.25) is 4.79 Å². The van der Waals surface area contributed by atoms with Gasteiger partial charge in [0.1, 0.15) is 0 Å². The van der Waals surface area contributed by atoms with Gasteiger partial charge in [-0.15, -0.1) is 0 Å². The van der Waals surface area contributed by atoms with E-state index in [2.05, 4.69) is 30.6 Å². The molecule has 0 radical (unpaired) electrons. The van der Waals surface area contributed by atoms with Crippen LogP contribution in [0.4, 0.5) is 0 Å². The summed E-state index contributed by atoms with van der Waals surface area (Å²) >= 11 is 0. The number of nitrogens with two attached hydrogens (primary N) is 2. The van der Waals surface area contributed by atoms with Crippen molar-refractivity contribution in [2.45, 2.75) is 110 Å². The zero-order chi connectivity index (χ0) is 31.4. The lowest BCUT2D eigenvalue weighted by molar-refractivity contribution is -0.207. The Kier molecular flexibility index (Phi) is 12.4. The van der Waals surface area contributed by atoms with E-state index >= 15 is 0 Å². The SMILES string of the molecule is C[C@H](CCC(=O)O)[C@H]1CC[C@H]2[C@@H]3C(O)CC4CC(O)CC[C@]4(C)[C@H]3CC(O)[C@]12C.NCCCN1CCN(CCCN)CC1. The number of carboxylic acids is 1. The van der Waals surface area contributed by atoms with Gasteiger partial charge in [-0.1, -0.05) is 20.8 Å². The summed E-state index contributed by atoms with van der Waals surface area (Å²) in [6.45, 7) is 15.5. The fraction of sp³-hybridized carbons (Fsp3) is 0.971. The van der Waals surface area contributed by atoms with Crippen molar-refractivity contribution in [1.29, 1.82) is 0 Å². The maximum Gasteiger partial charge on any atom is 0.303 e. The summed E-state index contributed by atoms with van der Waals surface area (Å²) in [7, 11) is 0. The Morgan fingerprint density at radius 1 is 0.884 bits per heavy atom. The van der Waals surface area contributed by atoms with Gasteiger partial charge in [-0.05, 0) is 137 Å². The van der Waals surface area contributed by atoms with Crippen LogP contribution in [0.5, 0.6) is 0 Å². The van der Waals surface area contributed by atoms with E-state index in [1.807, 2.05) is 0 Å². The first-order valence-corrected chi connectivity index (χ1v) is 17.6. The third kappa shape index (κ3) is 7.61. The maximum absolute atomic E-state index is 11.5. The van der Waals surface area contributed by atoms with E-state index in [-0.39, 0.29) is 41.3 Å². The summed E-state index contributed by atoms with van der Waals surface area (Å²) in [6.07, 6.45) is 8.25. The summed E-state index contributed by atoms with van der Waals surface area (Å²) in [6, 6.07) is 0. The molecule has 1 aliphatic heterocycles. The molecule has 0 amide bonds. The van der Waals surface area contributed by atoms with Gasteiger partial charge in [-0.25, -0.2) is 0 Å². The van der Waals surface area contributed by atoms with Crippen LogP contribution >= 0.6 is 0 Å². The highest BCUT2D eigenvalue weighted by atomic mass is 16.4. The van der Waals surface area contributed by atoms with Crippen LogP contribution < -0.4 is 11.5 Å². The fourth-order valence-corrected chi connectivity index (χ4v) is 10.6. The molecule has 0 aromatic carbocycles. The molecule has 4 aliphatic carbocycles. The number of carbonyl (C=O) groups is 1. The molecule has 5 fully saturated rings. The van der Waals surface area contributed by atoms with Crippen molar-refractivity contribution in [3.05, 3.63) is 0 Å². The highest BCUT2D eigenvalue weighted by molar-refractivity contribution is 5.66. The van der Waals surface area contributed by atoms with Crippen LogP contribution in [0.2, 0.25) is 0 Å². The van der Waals surface area contributed by atoms with Crippen molar-refractivity contribution in [3.63, 3.8) is 0 Å². The topological polar surface area (TPSA) is 157 Å². The van der Waals surface area contributed by atoms with Crippen LogP contribution in [0, 0.1) is 46.3 Å². The van der Waals surface area contributed by atoms with Crippen molar-refractivity contribution in [3.8, 4) is 0 Å². The molecule has 9 heteroatoms. The van der Waals surface area contributed by atoms with Gasteiger partial charge in [0.2, 0.25) is 0 Å². The van der Waals surface area contributed by atoms with E-state index in [0.29, 0.717) is 30.1 Å². The minimum Gasteiger partial charge on any atom is -0.481 e. The van der Waals surface area contributed by atoms with Gasteiger partial charge in [0, 0.05) is 32.6 Å². The van der Waals surface area contributed by atoms with Gasteiger partial charge in [-0.2, -0.15) is 0 Å². The lowest BCUT2D eigenvalue weighted by Gasteiger charge is -2.63. The first-order chi connectivity index (χ1) is 20.4. The summed E-state index contributed by atoms with van der Waals surface area (Å²) in [5.74, 6) is 0.997. The zero-order valence-electron chi connectivity index (χ0n) is 27.4. The molecule has 0 spiro atoms. The number of nitrogens with zero attached hydrogens (tertiary/aromatic N) is 2. The molecule has 1 heterocycles. The minimum absolute atomic E-state index is 0.0957. The molecular weight excluding hydrogens is 544 g/mol. The Morgan fingerprint density at radius 2 is 1.49 bits per heavy atom. The second kappa shape index (κ2) is 15.2. The number of aliphatic hydroxyl groups excluding tert-OH is 3. The Balaban J connectivity index is 0.000000255. The number of aliphatic hydroxyl groups is 3. The zero-order valence-corrected chi connectivity index (χ0v) is 27.4. The summed E-state index contributed by atoms with van der Waals surface area (Å²) in [5.41, 5.74) is 10.8. The van der Waals surface area contributed by atoms with Crippen LogP contribution in [-0.2, 0) is 4.79 Å². The van der Waals surface area contributed by atoms with E-state index in [4.69, 9.17) is 16.6 Å². The third-order valence-corrected chi connectivity index (χ3v) is 13.2. The van der Waals surface area contributed by atoms with Crippen LogP contribution in [0.25, 0.3) is 0 Å². The Labute approximate surface area is 260 Å². The third-order valence-electron chi connectivity index (χ3n) is 13.2. The number of piperazine rings is 1. The number of carboxylic acid groups (broad SMARTS) is 1. The number of hydrogen-bond acceptors (Lipinski definition) is 8. The van der Waals surface area contributed by atoms with Crippen molar-refractivity contribution in [2.75, 3.05) is 52.4 Å². The lowest BCUT2D eigenvalue weighted by atomic mass is 9.43. The smallest absolute Gasteiger partial charge is 0.303 e. The molecule has 5 rings (SSSR count). The summed E-state index contributed by atoms with van der Waals surface area (Å²) in [4.78, 5) is 16.1. The molecule has 1 saturated heterocycles. The molecule has 11 atom stereocenters. The molecule has 250 valence electrons. The van der Waals surface area contributed by atoms with Crippen LogP contribution in [0.1, 0.15) is 91.4 Å². The molecule has 0 bridgehead atoms. The maximum atomic E-state index is 11.5. The quantitative estimate of drug-likeness (QED) is 0.220. The first-order valence-electron chi connectivity index (χ1n) is 17.6. The normalized spacial score (nSPS) is 42.2. The molecule has 9 nitrogen and oxygen atoms in total. The number of fused-ring (bicyclic) bond motifs is 5. The number of aliphatic carboxylic acids is 1. The first kappa shape index (κ1) is 35.1. The molecule has 4 saturated carbocycles. The second-order valence-corrected chi connectivity index (χ2v) is 15.4. The Bertz CT molecular complexity index is 871. The number of rotatable bonds is 10. The largest absolute Gasteiger partial charge is 0.481 e. The average Bonchev–Trinajstić information content (AvgIpc) is 3.34. The Morgan fingerprint density at radius 3 is 2.05 bits per heavy atom. The molecule has 4 unspecified atom stereocenters. The lowest BCUT2D eigenvalue weighted by Crippen LogP contribution is -2.62. The van der Waals surface area contributed by atoms with Gasteiger partial charge in [0.25, 0.3) is 0 Å². The van der Waals surface area contributed by atoms with Crippen molar-refractivity contribution in [2.24, 2.45) is 57.8 Å². The molecule has 8 N–H and O–H groups in total. The summed E-state index contributed by atoms with van der Waals surface area (Å²) in [5, 5.41) is 42.0. The Hall–Kier alpha value is -0.810. The molecule has 0 aromatic heterocycles. The fourth-order valence-electron chi connectivity index (χ4n) is 10.6. The van der Waals surface area contributed by atoms with E-state index < -0.39 is 12.1 Å². The molecule has 5 aliphatic rings. The van der Waals surface area contributed by atoms with Crippen LogP contribution in [0.15, 0.2) is 0 Å². The summed E-state index contributed by atoms with van der Waals surface area (Å²) < 4.78 is 0. The second-order valence-electron chi connectivity index (χ2n) is 15.4. The van der Waals surface area contributed by atoms with Gasteiger partial charge >= 0.3 is 5.97 Å². The van der Waals surface area contributed by atoms with Crippen molar-refractivity contribution >= 4 is 5.97 Å². The molecule has 43 heavy (non-hydrogen) atoms. The molecular formula is C34H64N4O5. The minimum atomic E-state index is -0.748. The van der Waals surface area contributed by atoms with E-state index in [1.54, 1.807) is 0 Å². The standard InChI is InChI=1S/C24H40O5.C10H24N4/c1-13(4-7-21(28)29)16-5-6-17-22-18(12-20(27)24(16,17)3)23(2)9-8-15(25)10-14(23)11-19(22)26;11-3-1-5-13-7-9-14(10-8-13)6-2-4-12/h13-20,22,25-27H,4-12H2,1-3H3,(H,28,29);1-12H2/t13-,14?,15?,16-,17+,18+,19?,20?,22+,23+,24-;/m1./s1. The predicted molar refractivity (Wildman–Crippen MR) is 170 cm³/mol. The van der Waals surface area contributed by atoms with Crippen molar-refractivity contribution < 1.29 is 25.2 Å². The average molecular weight is 609 g/mol. The van der Waals surface area contributed by atoms with E-state index in [9.17, 15) is 20.1 Å².